The van der Waals surface area contributed by atoms with Gasteiger partial charge in [-0.25, -0.2) is 14.8 Å². The number of hydrogen-bond donors (Lipinski definition) is 0. The normalized spacial score (nSPS) is 15.4. The van der Waals surface area contributed by atoms with Gasteiger partial charge in [-0.2, -0.15) is 29.5 Å². The highest BCUT2D eigenvalue weighted by Gasteiger charge is 2.36. The largest absolute Gasteiger partial charge is 0.433 e. The monoisotopic (exact) mass is 520 g/mol. The van der Waals surface area contributed by atoms with Crippen LogP contribution >= 0.6 is 11.3 Å². The van der Waals surface area contributed by atoms with Crippen LogP contribution in [-0.4, -0.2) is 57.1 Å². The van der Waals surface area contributed by atoms with Gasteiger partial charge in [0.1, 0.15) is 17.3 Å². The number of alkyl halides is 3. The van der Waals surface area contributed by atoms with Crippen LogP contribution in [0.3, 0.4) is 0 Å². The number of aromatic nitrogens is 4. The van der Waals surface area contributed by atoms with Gasteiger partial charge in [0.05, 0.1) is 5.69 Å². The summed E-state index contributed by atoms with van der Waals surface area (Å²) in [6.45, 7) is 9.60. The maximum absolute atomic E-state index is 13.4. The summed E-state index contributed by atoms with van der Waals surface area (Å²) in [5.74, 6) is 0.530. The molecule has 36 heavy (non-hydrogen) atoms. The topological polar surface area (TPSA) is 67.2 Å². The second-order valence-electron chi connectivity index (χ2n) is 10.0. The first-order chi connectivity index (χ1) is 17.0. The van der Waals surface area contributed by atoms with Crippen molar-refractivity contribution in [2.45, 2.75) is 51.7 Å². The minimum absolute atomic E-state index is 0.197. The summed E-state index contributed by atoms with van der Waals surface area (Å²) in [5, 5.41) is 3.92. The fourth-order valence-corrected chi connectivity index (χ4v) is 4.71. The average Bonchev–Trinajstić information content (AvgIpc) is 3.37. The Hall–Kier alpha value is -2.79. The van der Waals surface area contributed by atoms with Crippen molar-refractivity contribution in [2.24, 2.45) is 0 Å². The molecule has 7 nitrogen and oxygen atoms in total. The molecule has 3 aromatic heterocycles. The fraction of sp³-hybridized carbons (Fsp3) is 0.520. The van der Waals surface area contributed by atoms with Crippen LogP contribution in [0.15, 0.2) is 40.0 Å². The molecule has 0 radical (unpaired) electrons. The highest BCUT2D eigenvalue weighted by molar-refractivity contribution is 7.08. The summed E-state index contributed by atoms with van der Waals surface area (Å²) in [6, 6.07) is 4.87. The summed E-state index contributed by atoms with van der Waals surface area (Å²) >= 11 is 1.57. The lowest BCUT2D eigenvalue weighted by molar-refractivity contribution is -0.141. The quantitative estimate of drug-likeness (QED) is 0.422. The lowest BCUT2D eigenvalue weighted by Crippen LogP contribution is -2.47. The van der Waals surface area contributed by atoms with Crippen molar-refractivity contribution in [1.82, 2.24) is 24.4 Å². The molecule has 1 fully saturated rings. The van der Waals surface area contributed by atoms with E-state index < -0.39 is 17.3 Å². The third-order valence-electron chi connectivity index (χ3n) is 6.18. The molecule has 1 aliphatic heterocycles. The number of thiophene rings is 1. The van der Waals surface area contributed by atoms with Crippen LogP contribution in [0.5, 0.6) is 0 Å². The SMILES string of the molecule is CC(C)(C)c1nc(N2CCN(CCCCn3ccc(-c4ccsc4)nc3=O)CC2)cc(C(F)(F)F)n1. The molecule has 194 valence electrons. The van der Waals surface area contributed by atoms with Gasteiger partial charge in [-0.05, 0) is 36.9 Å². The number of piperazine rings is 1. The molecule has 0 bridgehead atoms. The molecular formula is C25H31F3N6OS. The van der Waals surface area contributed by atoms with Gasteiger partial charge >= 0.3 is 11.9 Å². The number of rotatable bonds is 7. The van der Waals surface area contributed by atoms with E-state index in [4.69, 9.17) is 0 Å². The van der Waals surface area contributed by atoms with Crippen molar-refractivity contribution in [2.75, 3.05) is 37.6 Å². The third kappa shape index (κ3) is 6.50. The Labute approximate surface area is 212 Å². The number of nitrogens with zero attached hydrogens (tertiary/aromatic N) is 6. The number of hydrogen-bond acceptors (Lipinski definition) is 7. The third-order valence-corrected chi connectivity index (χ3v) is 6.87. The van der Waals surface area contributed by atoms with Crippen molar-refractivity contribution in [3.8, 4) is 11.3 Å². The predicted octanol–water partition coefficient (Wildman–Crippen LogP) is 4.68. The second kappa shape index (κ2) is 10.7. The Morgan fingerprint density at radius 2 is 1.69 bits per heavy atom. The van der Waals surface area contributed by atoms with E-state index in [1.54, 1.807) is 22.1 Å². The Balaban J connectivity index is 1.28. The molecule has 11 heteroatoms. The van der Waals surface area contributed by atoms with Gasteiger partial charge in [-0.15, -0.1) is 0 Å². The smallest absolute Gasteiger partial charge is 0.354 e. The summed E-state index contributed by atoms with van der Waals surface area (Å²) in [5.41, 5.74) is -0.0804. The molecule has 0 spiro atoms. The van der Waals surface area contributed by atoms with Crippen molar-refractivity contribution in [3.05, 3.63) is 57.2 Å². The van der Waals surface area contributed by atoms with E-state index in [0.29, 0.717) is 31.1 Å². The first-order valence-corrected chi connectivity index (χ1v) is 13.0. The Morgan fingerprint density at radius 1 is 0.972 bits per heavy atom. The fourth-order valence-electron chi connectivity index (χ4n) is 4.07. The molecular weight excluding hydrogens is 489 g/mol. The van der Waals surface area contributed by atoms with Crippen molar-refractivity contribution < 1.29 is 13.2 Å². The van der Waals surface area contributed by atoms with Crippen LogP contribution in [0.25, 0.3) is 11.3 Å². The number of anilines is 1. The van der Waals surface area contributed by atoms with Gasteiger partial charge in [0.2, 0.25) is 0 Å². The molecule has 1 saturated heterocycles. The molecule has 3 aromatic rings. The number of aryl methyl sites for hydroxylation is 1. The summed E-state index contributed by atoms with van der Waals surface area (Å²) in [6.07, 6.45) is -0.959. The van der Waals surface area contributed by atoms with Crippen LogP contribution in [-0.2, 0) is 18.1 Å². The van der Waals surface area contributed by atoms with Gasteiger partial charge in [0.25, 0.3) is 0 Å². The van der Waals surface area contributed by atoms with Gasteiger partial charge < -0.3 is 4.90 Å². The minimum atomic E-state index is -4.51. The van der Waals surface area contributed by atoms with E-state index in [-0.39, 0.29) is 11.5 Å². The molecule has 0 atom stereocenters. The molecule has 0 saturated carbocycles. The van der Waals surface area contributed by atoms with E-state index in [1.165, 1.54) is 0 Å². The first-order valence-electron chi connectivity index (χ1n) is 12.0. The van der Waals surface area contributed by atoms with E-state index >= 15 is 0 Å². The van der Waals surface area contributed by atoms with Crippen LogP contribution in [0.2, 0.25) is 0 Å². The molecule has 0 amide bonds. The van der Waals surface area contributed by atoms with E-state index in [9.17, 15) is 18.0 Å². The zero-order valence-corrected chi connectivity index (χ0v) is 21.6. The summed E-state index contributed by atoms with van der Waals surface area (Å²) in [7, 11) is 0. The van der Waals surface area contributed by atoms with E-state index in [0.717, 1.165) is 44.1 Å². The average molecular weight is 521 g/mol. The lowest BCUT2D eigenvalue weighted by atomic mass is 9.95. The Morgan fingerprint density at radius 3 is 2.31 bits per heavy atom. The van der Waals surface area contributed by atoms with Crippen LogP contribution in [0, 0.1) is 0 Å². The van der Waals surface area contributed by atoms with Gasteiger partial charge in [0.15, 0.2) is 0 Å². The standard InChI is InChI=1S/C25H31F3N6OS/c1-24(2,3)22-30-20(25(26,27)28)16-21(31-22)33-13-11-32(12-14-33)8-4-5-9-34-10-6-19(29-23(34)35)18-7-15-36-17-18/h6-7,10,15-17H,4-5,8-9,11-14H2,1-3H3. The van der Waals surface area contributed by atoms with E-state index in [2.05, 4.69) is 19.9 Å². The highest BCUT2D eigenvalue weighted by atomic mass is 32.1. The van der Waals surface area contributed by atoms with Gasteiger partial charge in [-0.3, -0.25) is 9.47 Å². The van der Waals surface area contributed by atoms with Crippen LogP contribution < -0.4 is 10.6 Å². The number of halogens is 3. The molecule has 0 unspecified atom stereocenters. The molecule has 1 aliphatic rings. The van der Waals surface area contributed by atoms with Crippen molar-refractivity contribution in [3.63, 3.8) is 0 Å². The van der Waals surface area contributed by atoms with Gasteiger partial charge in [0, 0.05) is 61.3 Å². The predicted molar refractivity (Wildman–Crippen MR) is 135 cm³/mol. The maximum atomic E-state index is 13.4. The van der Waals surface area contributed by atoms with Crippen LogP contribution in [0.1, 0.15) is 45.1 Å². The molecule has 0 aromatic carbocycles. The van der Waals surface area contributed by atoms with Crippen molar-refractivity contribution >= 4 is 17.2 Å². The zero-order chi connectivity index (χ0) is 25.9. The van der Waals surface area contributed by atoms with Crippen LogP contribution in [0.4, 0.5) is 19.0 Å². The summed E-state index contributed by atoms with van der Waals surface area (Å²) < 4.78 is 41.9. The van der Waals surface area contributed by atoms with Gasteiger partial charge in [-0.1, -0.05) is 20.8 Å². The molecule has 4 heterocycles. The highest BCUT2D eigenvalue weighted by Crippen LogP contribution is 2.32. The Kier molecular flexibility index (Phi) is 7.79. The summed E-state index contributed by atoms with van der Waals surface area (Å²) in [4.78, 5) is 29.0. The molecule has 0 aliphatic carbocycles. The minimum Gasteiger partial charge on any atom is -0.354 e. The second-order valence-corrected chi connectivity index (χ2v) is 10.8. The lowest BCUT2D eigenvalue weighted by Gasteiger charge is -2.36. The molecule has 4 rings (SSSR count). The zero-order valence-electron chi connectivity index (χ0n) is 20.8. The number of unbranched alkanes of at least 4 members (excludes halogenated alkanes) is 1. The van der Waals surface area contributed by atoms with Crippen molar-refractivity contribution in [1.29, 1.82) is 0 Å². The maximum Gasteiger partial charge on any atom is 0.433 e. The Bertz CT molecular complexity index is 1180. The molecule has 0 N–H and O–H groups in total. The first kappa shape index (κ1) is 26.3. The van der Waals surface area contributed by atoms with E-state index in [1.807, 2.05) is 48.6 Å².